The highest BCUT2D eigenvalue weighted by Gasteiger charge is 2.18. The third kappa shape index (κ3) is 4.11. The van der Waals surface area contributed by atoms with E-state index in [1.165, 1.54) is 47.9 Å². The number of unbranched alkanes of at least 4 members (excludes halogenated alkanes) is 2. The van der Waals surface area contributed by atoms with Crippen molar-refractivity contribution in [2.45, 2.75) is 52.4 Å². The van der Waals surface area contributed by atoms with Gasteiger partial charge in [-0.25, -0.2) is 0 Å². The second kappa shape index (κ2) is 9.36. The summed E-state index contributed by atoms with van der Waals surface area (Å²) in [5.41, 5.74) is 5.10. The SMILES string of the molecule is CCCCc1cccc(OC)c1-c1c(CCCC)cccc1OC. The van der Waals surface area contributed by atoms with Gasteiger partial charge in [0.1, 0.15) is 11.5 Å². The van der Waals surface area contributed by atoms with Crippen LogP contribution in [-0.2, 0) is 12.8 Å². The van der Waals surface area contributed by atoms with Crippen LogP contribution in [-0.4, -0.2) is 14.2 Å². The van der Waals surface area contributed by atoms with Crippen molar-refractivity contribution in [1.29, 1.82) is 0 Å². The topological polar surface area (TPSA) is 18.5 Å². The van der Waals surface area contributed by atoms with E-state index in [2.05, 4.69) is 50.2 Å². The highest BCUT2D eigenvalue weighted by molar-refractivity contribution is 5.81. The molecule has 0 atom stereocenters. The van der Waals surface area contributed by atoms with Crippen LogP contribution >= 0.6 is 0 Å². The Morgan fingerprint density at radius 1 is 0.667 bits per heavy atom. The van der Waals surface area contributed by atoms with Gasteiger partial charge in [0.2, 0.25) is 0 Å². The van der Waals surface area contributed by atoms with Crippen LogP contribution in [0.5, 0.6) is 11.5 Å². The first-order chi connectivity index (χ1) is 11.8. The van der Waals surface area contributed by atoms with E-state index in [4.69, 9.17) is 9.47 Å². The third-order valence-corrected chi connectivity index (χ3v) is 4.51. The Morgan fingerprint density at radius 2 is 1.08 bits per heavy atom. The predicted molar refractivity (Wildman–Crippen MR) is 102 cm³/mol. The number of benzene rings is 2. The van der Waals surface area contributed by atoms with Crippen LogP contribution in [0.3, 0.4) is 0 Å². The fourth-order valence-corrected chi connectivity index (χ4v) is 3.21. The minimum Gasteiger partial charge on any atom is -0.496 e. The normalized spacial score (nSPS) is 10.7. The van der Waals surface area contributed by atoms with Crippen molar-refractivity contribution in [3.8, 4) is 22.6 Å². The standard InChI is InChI=1S/C22H30O2/c1-5-7-11-17-13-9-15-19(23-3)21(17)22-18(12-8-6-2)14-10-16-20(22)24-4/h9-10,13-16H,5-8,11-12H2,1-4H3. The maximum absolute atomic E-state index is 5.72. The van der Waals surface area contributed by atoms with Crippen LogP contribution in [0.15, 0.2) is 36.4 Å². The van der Waals surface area contributed by atoms with Crippen molar-refractivity contribution >= 4 is 0 Å². The van der Waals surface area contributed by atoms with E-state index in [-0.39, 0.29) is 0 Å². The van der Waals surface area contributed by atoms with E-state index < -0.39 is 0 Å². The summed E-state index contributed by atoms with van der Waals surface area (Å²) < 4.78 is 11.4. The minimum absolute atomic E-state index is 0.936. The van der Waals surface area contributed by atoms with Gasteiger partial charge in [0, 0.05) is 11.1 Å². The minimum atomic E-state index is 0.936. The summed E-state index contributed by atoms with van der Waals surface area (Å²) in [7, 11) is 3.51. The van der Waals surface area contributed by atoms with Crippen LogP contribution in [0.2, 0.25) is 0 Å². The summed E-state index contributed by atoms with van der Waals surface area (Å²) >= 11 is 0. The first-order valence-electron chi connectivity index (χ1n) is 9.08. The van der Waals surface area contributed by atoms with Gasteiger partial charge in [0.15, 0.2) is 0 Å². The quantitative estimate of drug-likeness (QED) is 0.558. The van der Waals surface area contributed by atoms with Gasteiger partial charge < -0.3 is 9.47 Å². The zero-order valence-electron chi connectivity index (χ0n) is 15.5. The van der Waals surface area contributed by atoms with E-state index in [9.17, 15) is 0 Å². The van der Waals surface area contributed by atoms with Crippen molar-refractivity contribution in [1.82, 2.24) is 0 Å². The second-order valence-electron chi connectivity index (χ2n) is 6.20. The Kier molecular flexibility index (Phi) is 7.17. The Hall–Kier alpha value is -1.96. The zero-order chi connectivity index (χ0) is 17.4. The zero-order valence-corrected chi connectivity index (χ0v) is 15.5. The molecular formula is C22H30O2. The molecule has 2 aromatic rings. The molecule has 0 fully saturated rings. The monoisotopic (exact) mass is 326 g/mol. The van der Waals surface area contributed by atoms with Gasteiger partial charge in [0.25, 0.3) is 0 Å². The lowest BCUT2D eigenvalue weighted by molar-refractivity contribution is 0.409. The molecule has 0 aliphatic heterocycles. The molecule has 0 amide bonds. The highest BCUT2D eigenvalue weighted by Crippen LogP contribution is 2.42. The summed E-state index contributed by atoms with van der Waals surface area (Å²) in [5, 5.41) is 0. The molecule has 2 nitrogen and oxygen atoms in total. The van der Waals surface area contributed by atoms with Crippen LogP contribution in [0.1, 0.15) is 50.7 Å². The van der Waals surface area contributed by atoms with Crippen LogP contribution < -0.4 is 9.47 Å². The van der Waals surface area contributed by atoms with Crippen molar-refractivity contribution < 1.29 is 9.47 Å². The van der Waals surface area contributed by atoms with Gasteiger partial charge in [-0.15, -0.1) is 0 Å². The summed E-state index contributed by atoms with van der Waals surface area (Å²) in [6.45, 7) is 4.46. The summed E-state index contributed by atoms with van der Waals surface area (Å²) in [6, 6.07) is 12.7. The molecule has 2 aromatic carbocycles. The summed E-state index contributed by atoms with van der Waals surface area (Å²) in [4.78, 5) is 0. The molecule has 0 saturated carbocycles. The molecule has 0 heterocycles. The van der Waals surface area contributed by atoms with E-state index in [0.717, 1.165) is 24.3 Å². The molecule has 0 aliphatic rings. The Morgan fingerprint density at radius 3 is 1.42 bits per heavy atom. The maximum Gasteiger partial charge on any atom is 0.127 e. The Bertz CT molecular complexity index is 589. The molecule has 0 bridgehead atoms. The molecule has 0 aliphatic carbocycles. The number of aryl methyl sites for hydroxylation is 2. The van der Waals surface area contributed by atoms with Crippen LogP contribution in [0, 0.1) is 0 Å². The lowest BCUT2D eigenvalue weighted by Gasteiger charge is -2.20. The van der Waals surface area contributed by atoms with Crippen molar-refractivity contribution in [2.75, 3.05) is 14.2 Å². The summed E-state index contributed by atoms with van der Waals surface area (Å²) in [6.07, 6.45) is 6.86. The van der Waals surface area contributed by atoms with E-state index in [1.807, 2.05) is 0 Å². The lowest BCUT2D eigenvalue weighted by Crippen LogP contribution is -2.01. The van der Waals surface area contributed by atoms with Gasteiger partial charge in [-0.1, -0.05) is 51.0 Å². The Labute approximate surface area is 146 Å². The van der Waals surface area contributed by atoms with Gasteiger partial charge >= 0.3 is 0 Å². The molecule has 130 valence electrons. The smallest absolute Gasteiger partial charge is 0.127 e. The van der Waals surface area contributed by atoms with Gasteiger partial charge in [-0.05, 0) is 48.9 Å². The van der Waals surface area contributed by atoms with Crippen molar-refractivity contribution in [3.05, 3.63) is 47.5 Å². The van der Waals surface area contributed by atoms with Crippen molar-refractivity contribution in [3.63, 3.8) is 0 Å². The molecule has 0 radical (unpaired) electrons. The third-order valence-electron chi connectivity index (χ3n) is 4.51. The molecule has 0 aromatic heterocycles. The fraction of sp³-hybridized carbons (Fsp3) is 0.455. The molecule has 0 spiro atoms. The van der Waals surface area contributed by atoms with Crippen molar-refractivity contribution in [2.24, 2.45) is 0 Å². The number of hydrogen-bond acceptors (Lipinski definition) is 2. The average molecular weight is 326 g/mol. The number of hydrogen-bond donors (Lipinski definition) is 0. The lowest BCUT2D eigenvalue weighted by atomic mass is 9.89. The van der Waals surface area contributed by atoms with E-state index in [1.54, 1.807) is 14.2 Å². The average Bonchev–Trinajstić information content (AvgIpc) is 2.63. The van der Waals surface area contributed by atoms with Gasteiger partial charge in [-0.3, -0.25) is 0 Å². The predicted octanol–water partition coefficient (Wildman–Crippen LogP) is 6.06. The molecule has 0 N–H and O–H groups in total. The number of ether oxygens (including phenoxy) is 2. The van der Waals surface area contributed by atoms with Crippen LogP contribution in [0.25, 0.3) is 11.1 Å². The number of rotatable bonds is 9. The first-order valence-corrected chi connectivity index (χ1v) is 9.08. The number of methoxy groups -OCH3 is 2. The van der Waals surface area contributed by atoms with Gasteiger partial charge in [-0.2, -0.15) is 0 Å². The highest BCUT2D eigenvalue weighted by atomic mass is 16.5. The van der Waals surface area contributed by atoms with E-state index >= 15 is 0 Å². The van der Waals surface area contributed by atoms with Gasteiger partial charge in [0.05, 0.1) is 14.2 Å². The molecule has 0 saturated heterocycles. The largest absolute Gasteiger partial charge is 0.496 e. The molecule has 2 heteroatoms. The van der Waals surface area contributed by atoms with E-state index in [0.29, 0.717) is 0 Å². The van der Waals surface area contributed by atoms with Crippen LogP contribution in [0.4, 0.5) is 0 Å². The molecule has 24 heavy (non-hydrogen) atoms. The Balaban J connectivity index is 2.64. The first kappa shape index (κ1) is 18.4. The summed E-state index contributed by atoms with van der Waals surface area (Å²) in [5.74, 6) is 1.87. The molecular weight excluding hydrogens is 296 g/mol. The molecule has 0 unspecified atom stereocenters. The molecule has 2 rings (SSSR count). The second-order valence-corrected chi connectivity index (χ2v) is 6.20. The maximum atomic E-state index is 5.72. The fourth-order valence-electron chi connectivity index (χ4n) is 3.21.